The standard InChI is InChI=1S/C16H31N3/c1-5-16(6-2)19(12-13(3)4)10-9-15(11-17)18-14-7-8-14/h13-16,18H,5-10,12H2,1-4H3. The predicted molar refractivity (Wildman–Crippen MR) is 81.0 cm³/mol. The van der Waals surface area contributed by atoms with Gasteiger partial charge in [0.25, 0.3) is 0 Å². The van der Waals surface area contributed by atoms with E-state index in [9.17, 15) is 5.26 Å². The molecule has 0 aliphatic heterocycles. The first-order chi connectivity index (χ1) is 9.10. The third-order valence-corrected chi connectivity index (χ3v) is 3.93. The summed E-state index contributed by atoms with van der Waals surface area (Å²) in [4.78, 5) is 2.59. The van der Waals surface area contributed by atoms with Gasteiger partial charge in [0.2, 0.25) is 0 Å². The van der Waals surface area contributed by atoms with Crippen molar-refractivity contribution in [2.24, 2.45) is 5.92 Å². The highest BCUT2D eigenvalue weighted by Crippen LogP contribution is 2.20. The molecule has 110 valence electrons. The highest BCUT2D eigenvalue weighted by molar-refractivity contribution is 4.96. The van der Waals surface area contributed by atoms with E-state index in [1.165, 1.54) is 25.7 Å². The molecule has 1 saturated carbocycles. The van der Waals surface area contributed by atoms with Gasteiger partial charge in [-0.15, -0.1) is 0 Å². The molecule has 19 heavy (non-hydrogen) atoms. The zero-order valence-corrected chi connectivity index (χ0v) is 13.2. The monoisotopic (exact) mass is 265 g/mol. The maximum absolute atomic E-state index is 9.22. The van der Waals surface area contributed by atoms with E-state index >= 15 is 0 Å². The highest BCUT2D eigenvalue weighted by Gasteiger charge is 2.25. The molecule has 1 rings (SSSR count). The first-order valence-electron chi connectivity index (χ1n) is 8.00. The molecule has 0 aromatic carbocycles. The normalized spacial score (nSPS) is 17.2. The second-order valence-corrected chi connectivity index (χ2v) is 6.27. The molecule has 0 aromatic heterocycles. The molecule has 3 nitrogen and oxygen atoms in total. The zero-order chi connectivity index (χ0) is 14.3. The maximum atomic E-state index is 9.22. The van der Waals surface area contributed by atoms with E-state index in [1.54, 1.807) is 0 Å². The van der Waals surface area contributed by atoms with Crippen molar-refractivity contribution in [2.75, 3.05) is 13.1 Å². The Kier molecular flexibility index (Phi) is 7.41. The van der Waals surface area contributed by atoms with Gasteiger partial charge in [-0.1, -0.05) is 27.7 Å². The number of nitrogens with zero attached hydrogens (tertiary/aromatic N) is 2. The van der Waals surface area contributed by atoms with Crippen LogP contribution in [0.4, 0.5) is 0 Å². The lowest BCUT2D eigenvalue weighted by atomic mass is 10.1. The van der Waals surface area contributed by atoms with Crippen LogP contribution in [-0.2, 0) is 0 Å². The van der Waals surface area contributed by atoms with Gasteiger partial charge in [-0.2, -0.15) is 5.26 Å². The summed E-state index contributed by atoms with van der Waals surface area (Å²) in [5.74, 6) is 0.692. The molecular formula is C16H31N3. The Morgan fingerprint density at radius 1 is 1.26 bits per heavy atom. The van der Waals surface area contributed by atoms with Crippen LogP contribution < -0.4 is 5.32 Å². The van der Waals surface area contributed by atoms with Crippen molar-refractivity contribution in [1.29, 1.82) is 5.26 Å². The molecule has 0 saturated heterocycles. The first kappa shape index (κ1) is 16.5. The minimum absolute atomic E-state index is 0.0384. The fraction of sp³-hybridized carbons (Fsp3) is 0.938. The van der Waals surface area contributed by atoms with Crippen molar-refractivity contribution < 1.29 is 0 Å². The van der Waals surface area contributed by atoms with Crippen LogP contribution in [0, 0.1) is 17.2 Å². The Hall–Kier alpha value is -0.590. The Morgan fingerprint density at radius 2 is 1.89 bits per heavy atom. The van der Waals surface area contributed by atoms with Gasteiger partial charge in [-0.3, -0.25) is 5.32 Å². The van der Waals surface area contributed by atoms with E-state index < -0.39 is 0 Å². The minimum atomic E-state index is 0.0384. The minimum Gasteiger partial charge on any atom is -0.300 e. The summed E-state index contributed by atoms with van der Waals surface area (Å²) in [6, 6.07) is 3.75. The third-order valence-electron chi connectivity index (χ3n) is 3.93. The van der Waals surface area contributed by atoms with E-state index in [0.717, 1.165) is 19.5 Å². The Morgan fingerprint density at radius 3 is 2.32 bits per heavy atom. The van der Waals surface area contributed by atoms with Gasteiger partial charge in [0.05, 0.1) is 12.1 Å². The van der Waals surface area contributed by atoms with Gasteiger partial charge in [0.1, 0.15) is 0 Å². The molecular weight excluding hydrogens is 234 g/mol. The van der Waals surface area contributed by atoms with Crippen molar-refractivity contribution in [1.82, 2.24) is 10.2 Å². The van der Waals surface area contributed by atoms with Crippen LogP contribution in [0.3, 0.4) is 0 Å². The van der Waals surface area contributed by atoms with E-state index in [2.05, 4.69) is 44.0 Å². The fourth-order valence-electron chi connectivity index (χ4n) is 2.71. The highest BCUT2D eigenvalue weighted by atomic mass is 15.2. The van der Waals surface area contributed by atoms with Crippen molar-refractivity contribution in [3.63, 3.8) is 0 Å². The zero-order valence-electron chi connectivity index (χ0n) is 13.2. The number of hydrogen-bond acceptors (Lipinski definition) is 3. The lowest BCUT2D eigenvalue weighted by Gasteiger charge is -2.32. The molecule has 0 radical (unpaired) electrons. The molecule has 0 bridgehead atoms. The van der Waals surface area contributed by atoms with Gasteiger partial charge in [-0.05, 0) is 38.0 Å². The summed E-state index contributed by atoms with van der Waals surface area (Å²) < 4.78 is 0. The molecule has 0 spiro atoms. The topological polar surface area (TPSA) is 39.1 Å². The SMILES string of the molecule is CCC(CC)N(CCC(C#N)NC1CC1)CC(C)C. The van der Waals surface area contributed by atoms with Crippen molar-refractivity contribution >= 4 is 0 Å². The van der Waals surface area contributed by atoms with E-state index in [0.29, 0.717) is 18.0 Å². The molecule has 1 unspecified atom stereocenters. The van der Waals surface area contributed by atoms with Crippen LogP contribution >= 0.6 is 0 Å². The smallest absolute Gasteiger partial charge is 0.0967 e. The lowest BCUT2D eigenvalue weighted by molar-refractivity contribution is 0.160. The van der Waals surface area contributed by atoms with Crippen LogP contribution in [-0.4, -0.2) is 36.1 Å². The van der Waals surface area contributed by atoms with Crippen LogP contribution in [0.5, 0.6) is 0 Å². The van der Waals surface area contributed by atoms with Gasteiger partial charge in [0.15, 0.2) is 0 Å². The van der Waals surface area contributed by atoms with Gasteiger partial charge in [-0.25, -0.2) is 0 Å². The van der Waals surface area contributed by atoms with E-state index in [-0.39, 0.29) is 6.04 Å². The average molecular weight is 265 g/mol. The van der Waals surface area contributed by atoms with E-state index in [1.807, 2.05) is 0 Å². The summed E-state index contributed by atoms with van der Waals surface area (Å²) in [7, 11) is 0. The van der Waals surface area contributed by atoms with Crippen LogP contribution in [0.1, 0.15) is 59.8 Å². The summed E-state index contributed by atoms with van der Waals surface area (Å²) in [6.45, 7) is 11.3. The van der Waals surface area contributed by atoms with Crippen LogP contribution in [0.15, 0.2) is 0 Å². The van der Waals surface area contributed by atoms with Crippen molar-refractivity contribution in [3.8, 4) is 6.07 Å². The number of hydrogen-bond donors (Lipinski definition) is 1. The molecule has 0 heterocycles. The third kappa shape index (κ3) is 6.40. The predicted octanol–water partition coefficient (Wildman–Crippen LogP) is 3.17. The second-order valence-electron chi connectivity index (χ2n) is 6.27. The summed E-state index contributed by atoms with van der Waals surface area (Å²) in [5, 5.41) is 12.7. The van der Waals surface area contributed by atoms with Crippen molar-refractivity contribution in [2.45, 2.75) is 77.9 Å². The molecule has 1 N–H and O–H groups in total. The summed E-state index contributed by atoms with van der Waals surface area (Å²) >= 11 is 0. The molecule has 1 aliphatic rings. The van der Waals surface area contributed by atoms with Crippen LogP contribution in [0.2, 0.25) is 0 Å². The Labute approximate surface area is 119 Å². The molecule has 0 aromatic rings. The van der Waals surface area contributed by atoms with Crippen LogP contribution in [0.25, 0.3) is 0 Å². The quantitative estimate of drug-likeness (QED) is 0.659. The molecule has 3 heteroatoms. The Balaban J connectivity index is 2.43. The molecule has 0 amide bonds. The van der Waals surface area contributed by atoms with Gasteiger partial charge < -0.3 is 4.90 Å². The molecule has 1 atom stereocenters. The number of rotatable bonds is 10. The van der Waals surface area contributed by atoms with Gasteiger partial charge >= 0.3 is 0 Å². The van der Waals surface area contributed by atoms with Gasteiger partial charge in [0, 0.05) is 25.2 Å². The first-order valence-corrected chi connectivity index (χ1v) is 8.00. The molecule has 1 fully saturated rings. The summed E-state index contributed by atoms with van der Waals surface area (Å²) in [6.07, 6.45) is 5.87. The molecule has 1 aliphatic carbocycles. The maximum Gasteiger partial charge on any atom is 0.0967 e. The number of nitriles is 1. The lowest BCUT2D eigenvalue weighted by Crippen LogP contribution is -2.41. The largest absolute Gasteiger partial charge is 0.300 e. The summed E-state index contributed by atoms with van der Waals surface area (Å²) in [5.41, 5.74) is 0. The second kappa shape index (κ2) is 8.55. The van der Waals surface area contributed by atoms with Crippen molar-refractivity contribution in [3.05, 3.63) is 0 Å². The number of nitrogens with one attached hydrogen (secondary N) is 1. The van der Waals surface area contributed by atoms with E-state index in [4.69, 9.17) is 0 Å². The fourth-order valence-corrected chi connectivity index (χ4v) is 2.71. The average Bonchev–Trinajstić information content (AvgIpc) is 3.18. The Bertz CT molecular complexity index is 274.